The molecular weight excluding hydrogens is 1030 g/mol. The molecule has 2 fully saturated rings. The van der Waals surface area contributed by atoms with Gasteiger partial charge in [-0.1, -0.05) is 283 Å². The summed E-state index contributed by atoms with van der Waals surface area (Å²) in [5.74, 6) is -0.203. The van der Waals surface area contributed by atoms with Crippen LogP contribution in [-0.4, -0.2) is 140 Å². The summed E-state index contributed by atoms with van der Waals surface area (Å²) in [5.41, 5.74) is 0. The summed E-state index contributed by atoms with van der Waals surface area (Å²) >= 11 is 0. The Kier molecular flexibility index (Phi) is 49.6. The van der Waals surface area contributed by atoms with E-state index in [1.165, 1.54) is 238 Å². The fourth-order valence-electron chi connectivity index (χ4n) is 11.7. The molecule has 14 heteroatoms. The molecule has 81 heavy (non-hydrogen) atoms. The predicted octanol–water partition coefficient (Wildman–Crippen LogP) is 13.4. The van der Waals surface area contributed by atoms with Gasteiger partial charge in [-0.2, -0.15) is 0 Å². The molecule has 2 aliphatic rings. The van der Waals surface area contributed by atoms with Crippen LogP contribution in [0.25, 0.3) is 0 Å². The molecule has 0 saturated carbocycles. The molecule has 12 atom stereocenters. The number of hydrogen-bond donors (Lipinski definition) is 9. The Morgan fingerprint density at radius 2 is 0.778 bits per heavy atom. The lowest BCUT2D eigenvalue weighted by Crippen LogP contribution is -2.65. The van der Waals surface area contributed by atoms with Crippen LogP contribution in [0, 0.1) is 0 Å². The van der Waals surface area contributed by atoms with Gasteiger partial charge in [0, 0.05) is 6.42 Å². The second-order valence-electron chi connectivity index (χ2n) is 24.7. The maximum Gasteiger partial charge on any atom is 0.220 e. The van der Waals surface area contributed by atoms with E-state index in [0.717, 1.165) is 51.4 Å². The van der Waals surface area contributed by atoms with Crippen molar-refractivity contribution in [1.82, 2.24) is 5.32 Å². The number of hydrogen-bond acceptors (Lipinski definition) is 13. The Morgan fingerprint density at radius 1 is 0.432 bits per heavy atom. The number of unbranched alkanes of at least 4 members (excludes halogenated alkanes) is 42. The maximum absolute atomic E-state index is 13.2. The quantitative estimate of drug-likeness (QED) is 0.0204. The molecule has 0 radical (unpaired) electrons. The molecule has 9 N–H and O–H groups in total. The average molecular weight is 1160 g/mol. The number of carbonyl (C=O) groups excluding carboxylic acids is 1. The molecule has 0 aromatic carbocycles. The number of amides is 1. The fraction of sp³-hybridized carbons (Fsp3) is 0.955. The van der Waals surface area contributed by atoms with Crippen molar-refractivity contribution in [2.75, 3.05) is 19.8 Å². The summed E-state index contributed by atoms with van der Waals surface area (Å²) in [6.45, 7) is 2.85. The van der Waals surface area contributed by atoms with Gasteiger partial charge in [-0.15, -0.1) is 0 Å². The van der Waals surface area contributed by atoms with Gasteiger partial charge in [0.2, 0.25) is 5.91 Å². The summed E-state index contributed by atoms with van der Waals surface area (Å²) in [7, 11) is 0. The minimum Gasteiger partial charge on any atom is -0.394 e. The monoisotopic (exact) mass is 1160 g/mol. The molecule has 2 rings (SSSR count). The van der Waals surface area contributed by atoms with Crippen molar-refractivity contribution in [3.8, 4) is 0 Å². The minimum atomic E-state index is -1.78. The van der Waals surface area contributed by atoms with Crippen molar-refractivity contribution in [2.45, 2.75) is 389 Å². The summed E-state index contributed by atoms with van der Waals surface area (Å²) < 4.78 is 22.8. The third-order valence-electron chi connectivity index (χ3n) is 17.2. The normalized spacial score (nSPS) is 24.1. The molecule has 2 saturated heterocycles. The molecule has 0 aromatic heterocycles. The van der Waals surface area contributed by atoms with Gasteiger partial charge < -0.3 is 65.1 Å². The largest absolute Gasteiger partial charge is 0.394 e. The van der Waals surface area contributed by atoms with Crippen LogP contribution in [0.1, 0.15) is 316 Å². The molecule has 1 amide bonds. The van der Waals surface area contributed by atoms with E-state index in [9.17, 15) is 45.6 Å². The first-order valence-corrected chi connectivity index (χ1v) is 34.4. The van der Waals surface area contributed by atoms with E-state index in [0.29, 0.717) is 12.8 Å². The van der Waals surface area contributed by atoms with Gasteiger partial charge in [0.25, 0.3) is 0 Å². The van der Waals surface area contributed by atoms with Crippen LogP contribution >= 0.6 is 0 Å². The van der Waals surface area contributed by atoms with E-state index in [-0.39, 0.29) is 12.5 Å². The number of rotatable bonds is 57. The van der Waals surface area contributed by atoms with Crippen LogP contribution in [0.2, 0.25) is 0 Å². The van der Waals surface area contributed by atoms with Crippen molar-refractivity contribution >= 4 is 5.91 Å². The van der Waals surface area contributed by atoms with E-state index >= 15 is 0 Å². The third-order valence-corrected chi connectivity index (χ3v) is 17.2. The maximum atomic E-state index is 13.2. The van der Waals surface area contributed by atoms with Gasteiger partial charge in [0.05, 0.1) is 32.0 Å². The van der Waals surface area contributed by atoms with Crippen LogP contribution < -0.4 is 5.32 Å². The highest BCUT2D eigenvalue weighted by atomic mass is 16.7. The van der Waals surface area contributed by atoms with E-state index in [1.54, 1.807) is 0 Å². The Labute approximate surface area is 495 Å². The van der Waals surface area contributed by atoms with E-state index in [2.05, 4.69) is 31.3 Å². The number of carbonyl (C=O) groups is 1. The first-order chi connectivity index (χ1) is 39.6. The zero-order chi connectivity index (χ0) is 58.8. The number of allylic oxidation sites excluding steroid dienone is 2. The lowest BCUT2D eigenvalue weighted by molar-refractivity contribution is -0.359. The Morgan fingerprint density at radius 3 is 1.17 bits per heavy atom. The van der Waals surface area contributed by atoms with Gasteiger partial charge in [0.1, 0.15) is 48.8 Å². The zero-order valence-electron chi connectivity index (χ0n) is 52.1. The predicted molar refractivity (Wildman–Crippen MR) is 328 cm³/mol. The molecule has 12 unspecified atom stereocenters. The van der Waals surface area contributed by atoms with Crippen LogP contribution in [0.5, 0.6) is 0 Å². The molecule has 0 spiro atoms. The number of nitrogens with one attached hydrogen (secondary N) is 1. The van der Waals surface area contributed by atoms with Crippen molar-refractivity contribution in [2.24, 2.45) is 0 Å². The summed E-state index contributed by atoms with van der Waals surface area (Å²) in [5, 5.41) is 87.0. The van der Waals surface area contributed by atoms with Crippen LogP contribution in [-0.2, 0) is 23.7 Å². The average Bonchev–Trinajstić information content (AvgIpc) is 3.51. The molecule has 480 valence electrons. The molecule has 0 aromatic rings. The number of aliphatic hydroxyl groups is 8. The lowest BCUT2D eigenvalue weighted by Gasteiger charge is -2.46. The highest BCUT2D eigenvalue weighted by molar-refractivity contribution is 5.76. The smallest absolute Gasteiger partial charge is 0.220 e. The topological polar surface area (TPSA) is 228 Å². The van der Waals surface area contributed by atoms with Gasteiger partial charge >= 0.3 is 0 Å². The fourth-order valence-corrected chi connectivity index (χ4v) is 11.7. The Balaban J connectivity index is 1.48. The Bertz CT molecular complexity index is 1410. The van der Waals surface area contributed by atoms with E-state index < -0.39 is 86.8 Å². The zero-order valence-corrected chi connectivity index (χ0v) is 52.1. The first kappa shape index (κ1) is 75.8. The van der Waals surface area contributed by atoms with Gasteiger partial charge in [-0.05, 0) is 38.5 Å². The van der Waals surface area contributed by atoms with Crippen LogP contribution in [0.4, 0.5) is 0 Å². The SMILES string of the molecule is CCCCCCCCCC/C=C\CCCCCCCCCCCCCCCCCCCCCCCCCCCCCC(=O)NC(COC1OC(CO)C(OC2OC(CO)C(O)C(O)C2O)C(O)C1O)C(O)CCCCCCCCCC. The lowest BCUT2D eigenvalue weighted by atomic mass is 9.97. The van der Waals surface area contributed by atoms with E-state index in [1.807, 2.05) is 0 Å². The molecule has 14 nitrogen and oxygen atoms in total. The number of ether oxygens (including phenoxy) is 4. The molecule has 2 aliphatic heterocycles. The summed E-state index contributed by atoms with van der Waals surface area (Å²) in [4.78, 5) is 13.2. The standard InChI is InChI=1S/C67H129NO13/c1-3-5-7-9-11-13-14-15-16-17-18-19-20-21-22-23-24-25-26-27-28-29-30-31-32-33-34-35-36-37-38-39-40-41-42-43-45-47-49-51-59(72)68-55(56(71)50-48-46-44-12-10-8-6-4-2)54-78-66-64(77)62(75)65(58(53-70)80-66)81-67-63(76)61(74)60(73)57(52-69)79-67/h17-18,55-58,60-67,69-71,73-77H,3-16,19-54H2,1-2H3,(H,68,72)/b18-17-. The minimum absolute atomic E-state index is 0.203. The van der Waals surface area contributed by atoms with E-state index in [4.69, 9.17) is 18.9 Å². The molecule has 0 aliphatic carbocycles. The first-order valence-electron chi connectivity index (χ1n) is 34.4. The highest BCUT2D eigenvalue weighted by Gasteiger charge is 2.51. The van der Waals surface area contributed by atoms with Gasteiger partial charge in [0.15, 0.2) is 12.6 Å². The van der Waals surface area contributed by atoms with Gasteiger partial charge in [-0.25, -0.2) is 0 Å². The summed E-state index contributed by atoms with van der Waals surface area (Å²) in [6.07, 6.45) is 47.3. The second kappa shape index (κ2) is 53.0. The van der Waals surface area contributed by atoms with Crippen LogP contribution in [0.15, 0.2) is 12.2 Å². The molecular formula is C67H129NO13. The second-order valence-corrected chi connectivity index (χ2v) is 24.7. The van der Waals surface area contributed by atoms with Crippen molar-refractivity contribution in [3.63, 3.8) is 0 Å². The third kappa shape index (κ3) is 37.8. The molecule has 2 heterocycles. The number of aliphatic hydroxyl groups excluding tert-OH is 8. The van der Waals surface area contributed by atoms with Crippen molar-refractivity contribution in [3.05, 3.63) is 12.2 Å². The summed E-state index contributed by atoms with van der Waals surface area (Å²) in [6, 6.07) is -0.822. The van der Waals surface area contributed by atoms with Gasteiger partial charge in [-0.3, -0.25) is 4.79 Å². The van der Waals surface area contributed by atoms with Crippen molar-refractivity contribution in [1.29, 1.82) is 0 Å². The Hall–Kier alpha value is -1.27. The van der Waals surface area contributed by atoms with Crippen LogP contribution in [0.3, 0.4) is 0 Å². The van der Waals surface area contributed by atoms with Crippen molar-refractivity contribution < 1.29 is 64.6 Å². The molecule has 0 bridgehead atoms. The highest BCUT2D eigenvalue weighted by Crippen LogP contribution is 2.30.